The van der Waals surface area contributed by atoms with Crippen molar-refractivity contribution in [2.24, 2.45) is 0 Å². The standard InChI is InChI=1S/C14H14ClNO4/c1-3-19-13(17)10-8-6-5-7-9(15)11(8)16-12(10)14(18)20-4-2/h5-7,16H,3-4H2,1-2H3. The zero-order valence-corrected chi connectivity index (χ0v) is 11.9. The summed E-state index contributed by atoms with van der Waals surface area (Å²) in [5.74, 6) is -1.19. The van der Waals surface area contributed by atoms with Gasteiger partial charge in [-0.2, -0.15) is 0 Å². The normalized spacial score (nSPS) is 10.6. The van der Waals surface area contributed by atoms with Gasteiger partial charge in [-0.15, -0.1) is 0 Å². The van der Waals surface area contributed by atoms with Crippen LogP contribution in [0, 0.1) is 0 Å². The van der Waals surface area contributed by atoms with Gasteiger partial charge in [0.1, 0.15) is 5.69 Å². The summed E-state index contributed by atoms with van der Waals surface area (Å²) >= 11 is 6.07. The third kappa shape index (κ3) is 2.49. The van der Waals surface area contributed by atoms with Gasteiger partial charge in [0.25, 0.3) is 0 Å². The molecule has 0 amide bonds. The molecule has 6 heteroatoms. The van der Waals surface area contributed by atoms with Crippen molar-refractivity contribution in [2.75, 3.05) is 13.2 Å². The number of aromatic nitrogens is 1. The van der Waals surface area contributed by atoms with Gasteiger partial charge >= 0.3 is 11.9 Å². The number of para-hydroxylation sites is 1. The fraction of sp³-hybridized carbons (Fsp3) is 0.286. The van der Waals surface area contributed by atoms with Crippen LogP contribution >= 0.6 is 11.6 Å². The molecule has 0 saturated heterocycles. The molecular formula is C14H14ClNO4. The second kappa shape index (κ2) is 5.96. The molecule has 0 aliphatic rings. The van der Waals surface area contributed by atoms with Gasteiger partial charge in [-0.05, 0) is 19.9 Å². The summed E-state index contributed by atoms with van der Waals surface area (Å²) in [6, 6.07) is 5.08. The van der Waals surface area contributed by atoms with Crippen LogP contribution in [0.5, 0.6) is 0 Å². The highest BCUT2D eigenvalue weighted by atomic mass is 35.5. The van der Waals surface area contributed by atoms with Crippen LogP contribution in [-0.4, -0.2) is 30.1 Å². The Kier molecular flexibility index (Phi) is 4.29. The molecule has 106 valence electrons. The van der Waals surface area contributed by atoms with Crippen molar-refractivity contribution in [3.63, 3.8) is 0 Å². The molecule has 0 aliphatic heterocycles. The van der Waals surface area contributed by atoms with Crippen LogP contribution in [0.4, 0.5) is 0 Å². The lowest BCUT2D eigenvalue weighted by molar-refractivity contribution is 0.0477. The lowest BCUT2D eigenvalue weighted by Gasteiger charge is -2.04. The highest BCUT2D eigenvalue weighted by Crippen LogP contribution is 2.29. The molecule has 20 heavy (non-hydrogen) atoms. The number of aromatic amines is 1. The van der Waals surface area contributed by atoms with E-state index in [2.05, 4.69) is 4.98 Å². The Hall–Kier alpha value is -2.01. The van der Waals surface area contributed by atoms with E-state index >= 15 is 0 Å². The second-order valence-corrected chi connectivity index (χ2v) is 4.39. The zero-order valence-electron chi connectivity index (χ0n) is 11.2. The van der Waals surface area contributed by atoms with E-state index in [1.54, 1.807) is 32.0 Å². The topological polar surface area (TPSA) is 68.4 Å². The van der Waals surface area contributed by atoms with E-state index in [0.717, 1.165) is 0 Å². The third-order valence-corrected chi connectivity index (χ3v) is 3.06. The number of H-pyrrole nitrogens is 1. The maximum absolute atomic E-state index is 12.1. The number of nitrogens with one attached hydrogen (secondary N) is 1. The van der Waals surface area contributed by atoms with Gasteiger partial charge in [0.15, 0.2) is 0 Å². The molecule has 1 aromatic heterocycles. The molecule has 2 rings (SSSR count). The van der Waals surface area contributed by atoms with Crippen molar-refractivity contribution in [3.8, 4) is 0 Å². The fourth-order valence-corrected chi connectivity index (χ4v) is 2.18. The maximum Gasteiger partial charge on any atom is 0.355 e. The molecule has 1 N–H and O–H groups in total. The van der Waals surface area contributed by atoms with Crippen LogP contribution in [0.3, 0.4) is 0 Å². The van der Waals surface area contributed by atoms with Gasteiger partial charge in [0, 0.05) is 5.39 Å². The Morgan fingerprint density at radius 2 is 1.80 bits per heavy atom. The van der Waals surface area contributed by atoms with Crippen molar-refractivity contribution in [2.45, 2.75) is 13.8 Å². The molecule has 0 radical (unpaired) electrons. The molecule has 1 heterocycles. The molecule has 0 unspecified atom stereocenters. The number of ether oxygens (including phenoxy) is 2. The lowest BCUT2D eigenvalue weighted by Crippen LogP contribution is -2.13. The van der Waals surface area contributed by atoms with Crippen molar-refractivity contribution < 1.29 is 19.1 Å². The van der Waals surface area contributed by atoms with Crippen LogP contribution < -0.4 is 0 Å². The minimum absolute atomic E-state index is 0.0633. The van der Waals surface area contributed by atoms with Crippen LogP contribution in [0.1, 0.15) is 34.7 Å². The first-order chi connectivity index (χ1) is 9.60. The van der Waals surface area contributed by atoms with Gasteiger partial charge in [-0.25, -0.2) is 9.59 Å². The summed E-state index contributed by atoms with van der Waals surface area (Å²) in [6.45, 7) is 3.82. The average molecular weight is 296 g/mol. The SMILES string of the molecule is CCOC(=O)c1[nH]c2c(Cl)cccc2c1C(=O)OCC. The Morgan fingerprint density at radius 3 is 2.45 bits per heavy atom. The number of hydrogen-bond acceptors (Lipinski definition) is 4. The summed E-state index contributed by atoms with van der Waals surface area (Å²) in [5.41, 5.74) is 0.733. The molecule has 0 aliphatic carbocycles. The Bertz CT molecular complexity index is 662. The van der Waals surface area contributed by atoms with Crippen molar-refractivity contribution >= 4 is 34.4 Å². The summed E-state index contributed by atoms with van der Waals surface area (Å²) in [6.07, 6.45) is 0. The van der Waals surface area contributed by atoms with E-state index in [0.29, 0.717) is 15.9 Å². The molecular weight excluding hydrogens is 282 g/mol. The number of hydrogen-bond donors (Lipinski definition) is 1. The van der Waals surface area contributed by atoms with Gasteiger partial charge in [-0.3, -0.25) is 0 Å². The number of benzene rings is 1. The predicted molar refractivity (Wildman–Crippen MR) is 75.2 cm³/mol. The first-order valence-corrected chi connectivity index (χ1v) is 6.62. The number of esters is 2. The number of halogens is 1. The van der Waals surface area contributed by atoms with E-state index < -0.39 is 11.9 Å². The minimum atomic E-state index is -0.609. The third-order valence-electron chi connectivity index (χ3n) is 2.74. The van der Waals surface area contributed by atoms with Crippen molar-refractivity contribution in [3.05, 3.63) is 34.5 Å². The van der Waals surface area contributed by atoms with Gasteiger partial charge in [-0.1, -0.05) is 23.7 Å². The molecule has 2 aromatic rings. The molecule has 0 fully saturated rings. The summed E-state index contributed by atoms with van der Waals surface area (Å²) in [7, 11) is 0. The number of fused-ring (bicyclic) bond motifs is 1. The molecule has 0 atom stereocenters. The Balaban J connectivity index is 2.66. The quantitative estimate of drug-likeness (QED) is 0.880. The summed E-state index contributed by atoms with van der Waals surface area (Å²) in [5, 5.41) is 0.961. The highest BCUT2D eigenvalue weighted by molar-refractivity contribution is 6.36. The minimum Gasteiger partial charge on any atom is -0.462 e. The fourth-order valence-electron chi connectivity index (χ4n) is 1.95. The highest BCUT2D eigenvalue weighted by Gasteiger charge is 2.25. The first-order valence-electron chi connectivity index (χ1n) is 6.24. The van der Waals surface area contributed by atoms with Gasteiger partial charge < -0.3 is 14.5 Å². The number of rotatable bonds is 4. The van der Waals surface area contributed by atoms with E-state index in [4.69, 9.17) is 21.1 Å². The monoisotopic (exact) mass is 295 g/mol. The molecule has 0 spiro atoms. The van der Waals surface area contributed by atoms with E-state index in [1.807, 2.05) is 0 Å². The Morgan fingerprint density at radius 1 is 1.15 bits per heavy atom. The van der Waals surface area contributed by atoms with Gasteiger partial charge in [0.2, 0.25) is 0 Å². The Labute approximate surface area is 120 Å². The second-order valence-electron chi connectivity index (χ2n) is 3.98. The van der Waals surface area contributed by atoms with E-state index in [1.165, 1.54) is 0 Å². The molecule has 5 nitrogen and oxygen atoms in total. The van der Waals surface area contributed by atoms with Crippen LogP contribution in [0.2, 0.25) is 5.02 Å². The molecule has 0 bridgehead atoms. The number of carbonyl (C=O) groups excluding carboxylic acids is 2. The largest absolute Gasteiger partial charge is 0.462 e. The van der Waals surface area contributed by atoms with Crippen molar-refractivity contribution in [1.82, 2.24) is 4.98 Å². The smallest absolute Gasteiger partial charge is 0.355 e. The van der Waals surface area contributed by atoms with Gasteiger partial charge in [0.05, 0.1) is 29.3 Å². The van der Waals surface area contributed by atoms with Crippen molar-refractivity contribution in [1.29, 1.82) is 0 Å². The molecule has 0 saturated carbocycles. The lowest BCUT2D eigenvalue weighted by atomic mass is 10.1. The van der Waals surface area contributed by atoms with E-state index in [-0.39, 0.29) is 24.5 Å². The maximum atomic E-state index is 12.1. The summed E-state index contributed by atoms with van der Waals surface area (Å²) in [4.78, 5) is 26.9. The van der Waals surface area contributed by atoms with Crippen LogP contribution in [-0.2, 0) is 9.47 Å². The first kappa shape index (κ1) is 14.4. The summed E-state index contributed by atoms with van der Waals surface area (Å²) < 4.78 is 9.94. The van der Waals surface area contributed by atoms with E-state index in [9.17, 15) is 9.59 Å². The zero-order chi connectivity index (χ0) is 14.7. The van der Waals surface area contributed by atoms with Crippen LogP contribution in [0.25, 0.3) is 10.9 Å². The van der Waals surface area contributed by atoms with Crippen LogP contribution in [0.15, 0.2) is 18.2 Å². The average Bonchev–Trinajstić information content (AvgIpc) is 2.80. The number of carbonyl (C=O) groups is 2. The predicted octanol–water partition coefficient (Wildman–Crippen LogP) is 3.17. The molecule has 1 aromatic carbocycles.